The Morgan fingerprint density at radius 1 is 1.35 bits per heavy atom. The van der Waals surface area contributed by atoms with Crippen molar-refractivity contribution in [3.8, 4) is 0 Å². The van der Waals surface area contributed by atoms with Crippen LogP contribution in [0.25, 0.3) is 10.2 Å². The number of nitrogens with one attached hydrogen (secondary N) is 1. The Morgan fingerprint density at radius 3 is 3.18 bits per heavy atom. The van der Waals surface area contributed by atoms with E-state index in [0.29, 0.717) is 5.92 Å². The van der Waals surface area contributed by atoms with Gasteiger partial charge in [0.1, 0.15) is 0 Å². The van der Waals surface area contributed by atoms with Gasteiger partial charge in [-0.05, 0) is 49.5 Å². The smallest absolute Gasteiger partial charge is 0.0973 e. The fourth-order valence-electron chi connectivity index (χ4n) is 3.15. The number of nitrogens with zero attached hydrogens (tertiary/aromatic N) is 1. The Labute approximate surface area is 113 Å². The van der Waals surface area contributed by atoms with E-state index in [-0.39, 0.29) is 0 Å². The zero-order valence-electron chi connectivity index (χ0n) is 9.32. The van der Waals surface area contributed by atoms with Crippen molar-refractivity contribution in [2.45, 2.75) is 12.3 Å². The quantitative estimate of drug-likeness (QED) is 0.873. The Kier molecular flexibility index (Phi) is 2.32. The predicted molar refractivity (Wildman–Crippen MR) is 74.5 cm³/mol. The molecule has 17 heavy (non-hydrogen) atoms. The summed E-state index contributed by atoms with van der Waals surface area (Å²) in [6.07, 6.45) is 1.33. The van der Waals surface area contributed by atoms with Gasteiger partial charge in [0.05, 0.1) is 15.2 Å². The molecule has 2 aromatic rings. The molecule has 1 aliphatic heterocycles. The summed E-state index contributed by atoms with van der Waals surface area (Å²) in [7, 11) is 0. The molecule has 2 heterocycles. The van der Waals surface area contributed by atoms with E-state index in [1.165, 1.54) is 29.2 Å². The highest BCUT2D eigenvalue weighted by Gasteiger charge is 2.45. The monoisotopic (exact) mass is 308 g/mol. The summed E-state index contributed by atoms with van der Waals surface area (Å²) in [6, 6.07) is 6.40. The lowest BCUT2D eigenvalue weighted by Crippen LogP contribution is -2.33. The number of benzene rings is 1. The van der Waals surface area contributed by atoms with Crippen molar-refractivity contribution in [1.29, 1.82) is 0 Å². The lowest BCUT2D eigenvalue weighted by atomic mass is 9.67. The van der Waals surface area contributed by atoms with Crippen LogP contribution in [-0.4, -0.2) is 18.1 Å². The zero-order valence-corrected chi connectivity index (χ0v) is 11.7. The van der Waals surface area contributed by atoms with E-state index in [9.17, 15) is 0 Å². The first-order valence-corrected chi connectivity index (χ1v) is 7.69. The lowest BCUT2D eigenvalue weighted by Gasteiger charge is -2.38. The normalized spacial score (nSPS) is 31.5. The van der Waals surface area contributed by atoms with E-state index in [1.54, 1.807) is 0 Å². The van der Waals surface area contributed by atoms with Gasteiger partial charge in [-0.1, -0.05) is 15.9 Å². The predicted octanol–water partition coefficient (Wildman–Crippen LogP) is 3.38. The van der Waals surface area contributed by atoms with Crippen molar-refractivity contribution in [3.63, 3.8) is 0 Å². The van der Waals surface area contributed by atoms with Gasteiger partial charge in [-0.3, -0.25) is 0 Å². The Hall–Kier alpha value is -0.450. The number of thiazole rings is 1. The van der Waals surface area contributed by atoms with E-state index < -0.39 is 0 Å². The van der Waals surface area contributed by atoms with Crippen LogP contribution in [0.2, 0.25) is 0 Å². The minimum Gasteiger partial charge on any atom is -0.316 e. The Bertz CT molecular complexity index is 580. The summed E-state index contributed by atoms with van der Waals surface area (Å²) in [6.45, 7) is 2.41. The fourth-order valence-corrected chi connectivity index (χ4v) is 4.63. The maximum Gasteiger partial charge on any atom is 0.0973 e. The summed E-state index contributed by atoms with van der Waals surface area (Å²) >= 11 is 5.39. The van der Waals surface area contributed by atoms with Crippen LogP contribution in [0.4, 0.5) is 0 Å². The van der Waals surface area contributed by atoms with Gasteiger partial charge in [-0.25, -0.2) is 4.98 Å². The lowest BCUT2D eigenvalue weighted by molar-refractivity contribution is 0.191. The van der Waals surface area contributed by atoms with E-state index >= 15 is 0 Å². The van der Waals surface area contributed by atoms with Crippen LogP contribution >= 0.6 is 27.3 Å². The molecule has 3 unspecified atom stereocenters. The number of fused-ring (bicyclic) bond motifs is 2. The minimum atomic E-state index is 0.714. The molecule has 1 aromatic carbocycles. The van der Waals surface area contributed by atoms with E-state index in [4.69, 9.17) is 4.98 Å². The second kappa shape index (κ2) is 3.77. The standard InChI is InChI=1S/C13H13BrN2S/c14-8-1-2-12-11(4-8)16-13(17-12)9-3-7-5-15-6-10(7)9/h1-2,4,7,9-10,15H,3,5-6H2. The van der Waals surface area contributed by atoms with Crippen molar-refractivity contribution in [1.82, 2.24) is 10.3 Å². The number of rotatable bonds is 1. The molecule has 1 aromatic heterocycles. The third kappa shape index (κ3) is 1.58. The van der Waals surface area contributed by atoms with Crippen LogP contribution in [0.5, 0.6) is 0 Å². The average molecular weight is 309 g/mol. The van der Waals surface area contributed by atoms with E-state index in [1.807, 2.05) is 11.3 Å². The second-order valence-electron chi connectivity index (χ2n) is 5.09. The molecule has 0 amide bonds. The van der Waals surface area contributed by atoms with Gasteiger partial charge in [0.25, 0.3) is 0 Å². The summed E-state index contributed by atoms with van der Waals surface area (Å²) in [5.41, 5.74) is 1.15. The van der Waals surface area contributed by atoms with Crippen LogP contribution in [0.1, 0.15) is 17.3 Å². The van der Waals surface area contributed by atoms with E-state index in [0.717, 1.165) is 21.8 Å². The molecule has 2 fully saturated rings. The minimum absolute atomic E-state index is 0.714. The third-order valence-electron chi connectivity index (χ3n) is 4.15. The molecule has 1 saturated heterocycles. The van der Waals surface area contributed by atoms with Gasteiger partial charge in [0.2, 0.25) is 0 Å². The molecule has 0 spiro atoms. The number of aromatic nitrogens is 1. The molecule has 3 atom stereocenters. The van der Waals surface area contributed by atoms with Crippen LogP contribution in [0.15, 0.2) is 22.7 Å². The maximum atomic E-state index is 4.82. The molecule has 2 aliphatic rings. The SMILES string of the molecule is Brc1ccc2sc(C3CC4CNCC43)nc2c1. The van der Waals surface area contributed by atoms with Gasteiger partial charge < -0.3 is 5.32 Å². The first-order chi connectivity index (χ1) is 8.31. The van der Waals surface area contributed by atoms with Gasteiger partial charge >= 0.3 is 0 Å². The largest absolute Gasteiger partial charge is 0.316 e. The number of hydrogen-bond acceptors (Lipinski definition) is 3. The van der Waals surface area contributed by atoms with Crippen molar-refractivity contribution in [3.05, 3.63) is 27.7 Å². The maximum absolute atomic E-state index is 4.82. The number of hydrogen-bond donors (Lipinski definition) is 1. The van der Waals surface area contributed by atoms with Crippen LogP contribution in [0, 0.1) is 11.8 Å². The van der Waals surface area contributed by atoms with Crippen LogP contribution < -0.4 is 5.32 Å². The molecule has 4 heteroatoms. The molecule has 1 aliphatic carbocycles. The first kappa shape index (κ1) is 10.5. The van der Waals surface area contributed by atoms with Gasteiger partial charge in [0.15, 0.2) is 0 Å². The van der Waals surface area contributed by atoms with Crippen LogP contribution in [0.3, 0.4) is 0 Å². The summed E-state index contributed by atoms with van der Waals surface area (Å²) in [5, 5.41) is 4.85. The average Bonchev–Trinajstić information content (AvgIpc) is 2.83. The number of halogens is 1. The molecule has 0 radical (unpaired) electrons. The van der Waals surface area contributed by atoms with Crippen molar-refractivity contribution in [2.24, 2.45) is 11.8 Å². The zero-order chi connectivity index (χ0) is 11.4. The summed E-state index contributed by atoms with van der Waals surface area (Å²) in [4.78, 5) is 4.82. The highest BCUT2D eigenvalue weighted by molar-refractivity contribution is 9.10. The van der Waals surface area contributed by atoms with Gasteiger partial charge in [-0.15, -0.1) is 11.3 Å². The molecule has 0 bridgehead atoms. The highest BCUT2D eigenvalue weighted by atomic mass is 79.9. The van der Waals surface area contributed by atoms with Crippen molar-refractivity contribution in [2.75, 3.05) is 13.1 Å². The molecular formula is C13H13BrN2S. The molecule has 1 saturated carbocycles. The molecular weight excluding hydrogens is 296 g/mol. The second-order valence-corrected chi connectivity index (χ2v) is 7.07. The molecule has 4 rings (SSSR count). The Balaban J connectivity index is 1.72. The first-order valence-electron chi connectivity index (χ1n) is 6.08. The highest BCUT2D eigenvalue weighted by Crippen LogP contribution is 2.50. The van der Waals surface area contributed by atoms with E-state index in [2.05, 4.69) is 39.4 Å². The van der Waals surface area contributed by atoms with Gasteiger partial charge in [0, 0.05) is 10.4 Å². The third-order valence-corrected chi connectivity index (χ3v) is 5.81. The molecule has 1 N–H and O–H groups in total. The van der Waals surface area contributed by atoms with Crippen molar-refractivity contribution < 1.29 is 0 Å². The topological polar surface area (TPSA) is 24.9 Å². The summed E-state index contributed by atoms with van der Waals surface area (Å²) < 4.78 is 2.44. The van der Waals surface area contributed by atoms with Crippen molar-refractivity contribution >= 4 is 37.5 Å². The Morgan fingerprint density at radius 2 is 2.29 bits per heavy atom. The van der Waals surface area contributed by atoms with Crippen LogP contribution in [-0.2, 0) is 0 Å². The van der Waals surface area contributed by atoms with Gasteiger partial charge in [-0.2, -0.15) is 0 Å². The fraction of sp³-hybridized carbons (Fsp3) is 0.462. The molecule has 2 nitrogen and oxygen atoms in total. The summed E-state index contributed by atoms with van der Waals surface area (Å²) in [5.74, 6) is 2.48. The molecule has 88 valence electrons.